The SMILES string of the molecule is COc1ccc(Br)cc1CC(=O)NC1CCNCC1. The average Bonchev–Trinajstić information content (AvgIpc) is 2.40. The van der Waals surface area contributed by atoms with Crippen molar-refractivity contribution in [3.8, 4) is 5.75 Å². The molecule has 1 heterocycles. The van der Waals surface area contributed by atoms with Crippen molar-refractivity contribution in [1.82, 2.24) is 10.6 Å². The number of benzene rings is 1. The Morgan fingerprint density at radius 3 is 2.89 bits per heavy atom. The predicted molar refractivity (Wildman–Crippen MR) is 78.4 cm³/mol. The van der Waals surface area contributed by atoms with Gasteiger partial charge in [0.05, 0.1) is 13.5 Å². The molecule has 1 saturated heterocycles. The molecule has 1 amide bonds. The Morgan fingerprint density at radius 2 is 2.21 bits per heavy atom. The topological polar surface area (TPSA) is 50.4 Å². The van der Waals surface area contributed by atoms with E-state index >= 15 is 0 Å². The molecule has 2 rings (SSSR count). The van der Waals surface area contributed by atoms with Crippen LogP contribution >= 0.6 is 15.9 Å². The molecule has 2 N–H and O–H groups in total. The van der Waals surface area contributed by atoms with E-state index < -0.39 is 0 Å². The number of hydrogen-bond donors (Lipinski definition) is 2. The van der Waals surface area contributed by atoms with Crippen molar-refractivity contribution >= 4 is 21.8 Å². The van der Waals surface area contributed by atoms with Gasteiger partial charge in [-0.05, 0) is 44.1 Å². The van der Waals surface area contributed by atoms with Crippen LogP contribution in [0.4, 0.5) is 0 Å². The van der Waals surface area contributed by atoms with E-state index in [1.54, 1.807) is 7.11 Å². The summed E-state index contributed by atoms with van der Waals surface area (Å²) in [7, 11) is 1.62. The number of carbonyl (C=O) groups is 1. The molecule has 0 aliphatic carbocycles. The van der Waals surface area contributed by atoms with Gasteiger partial charge in [-0.25, -0.2) is 0 Å². The summed E-state index contributed by atoms with van der Waals surface area (Å²) in [6, 6.07) is 6.01. The van der Waals surface area contributed by atoms with Crippen LogP contribution in [0.3, 0.4) is 0 Å². The van der Waals surface area contributed by atoms with Crippen LogP contribution in [-0.2, 0) is 11.2 Å². The van der Waals surface area contributed by atoms with Crippen LogP contribution in [0.5, 0.6) is 5.75 Å². The average molecular weight is 327 g/mol. The minimum Gasteiger partial charge on any atom is -0.496 e. The third-order valence-electron chi connectivity index (χ3n) is 3.30. The fourth-order valence-electron chi connectivity index (χ4n) is 2.30. The quantitative estimate of drug-likeness (QED) is 0.888. The second kappa shape index (κ2) is 6.91. The third kappa shape index (κ3) is 4.21. The zero-order valence-electron chi connectivity index (χ0n) is 11.0. The molecule has 0 bridgehead atoms. The molecule has 4 nitrogen and oxygen atoms in total. The van der Waals surface area contributed by atoms with Crippen LogP contribution in [0.1, 0.15) is 18.4 Å². The first-order chi connectivity index (χ1) is 9.19. The number of ether oxygens (including phenoxy) is 1. The van der Waals surface area contributed by atoms with E-state index in [2.05, 4.69) is 26.6 Å². The molecule has 0 spiro atoms. The van der Waals surface area contributed by atoms with Crippen molar-refractivity contribution in [3.05, 3.63) is 28.2 Å². The molecule has 1 aliphatic heterocycles. The fourth-order valence-corrected chi connectivity index (χ4v) is 2.71. The maximum atomic E-state index is 12.1. The number of amides is 1. The molecule has 0 atom stereocenters. The van der Waals surface area contributed by atoms with Crippen LogP contribution in [0.2, 0.25) is 0 Å². The Hall–Kier alpha value is -1.07. The Kier molecular flexibility index (Phi) is 5.22. The molecule has 0 aromatic heterocycles. The van der Waals surface area contributed by atoms with Crippen LogP contribution in [0.25, 0.3) is 0 Å². The summed E-state index contributed by atoms with van der Waals surface area (Å²) < 4.78 is 6.24. The molecule has 19 heavy (non-hydrogen) atoms. The Bertz CT molecular complexity index is 445. The van der Waals surface area contributed by atoms with Gasteiger partial charge in [-0.15, -0.1) is 0 Å². The van der Waals surface area contributed by atoms with E-state index in [0.717, 1.165) is 41.7 Å². The molecular weight excluding hydrogens is 308 g/mol. The number of piperidine rings is 1. The fraction of sp³-hybridized carbons (Fsp3) is 0.500. The van der Waals surface area contributed by atoms with E-state index in [9.17, 15) is 4.79 Å². The highest BCUT2D eigenvalue weighted by molar-refractivity contribution is 9.10. The monoisotopic (exact) mass is 326 g/mol. The van der Waals surface area contributed by atoms with E-state index in [0.29, 0.717) is 12.5 Å². The normalized spacial score (nSPS) is 16.1. The minimum absolute atomic E-state index is 0.0586. The van der Waals surface area contributed by atoms with Gasteiger partial charge in [0.25, 0.3) is 0 Å². The van der Waals surface area contributed by atoms with E-state index in [-0.39, 0.29) is 5.91 Å². The molecule has 1 aliphatic rings. The van der Waals surface area contributed by atoms with Gasteiger partial charge < -0.3 is 15.4 Å². The summed E-state index contributed by atoms with van der Waals surface area (Å²) in [6.45, 7) is 1.95. The zero-order valence-corrected chi connectivity index (χ0v) is 12.6. The summed E-state index contributed by atoms with van der Waals surface area (Å²) in [4.78, 5) is 12.1. The summed E-state index contributed by atoms with van der Waals surface area (Å²) in [6.07, 6.45) is 2.36. The lowest BCUT2D eigenvalue weighted by Crippen LogP contribution is -2.43. The largest absolute Gasteiger partial charge is 0.496 e. The van der Waals surface area contributed by atoms with Crippen LogP contribution in [0, 0.1) is 0 Å². The highest BCUT2D eigenvalue weighted by Crippen LogP contribution is 2.23. The van der Waals surface area contributed by atoms with Crippen LogP contribution < -0.4 is 15.4 Å². The summed E-state index contributed by atoms with van der Waals surface area (Å²) >= 11 is 3.42. The minimum atomic E-state index is 0.0586. The molecule has 5 heteroatoms. The zero-order chi connectivity index (χ0) is 13.7. The van der Waals surface area contributed by atoms with Crippen molar-refractivity contribution < 1.29 is 9.53 Å². The first kappa shape index (κ1) is 14.3. The number of rotatable bonds is 4. The standard InChI is InChI=1S/C14H19BrN2O2/c1-19-13-3-2-11(15)8-10(13)9-14(18)17-12-4-6-16-7-5-12/h2-3,8,12,16H,4-7,9H2,1H3,(H,17,18). The third-order valence-corrected chi connectivity index (χ3v) is 3.79. The lowest BCUT2D eigenvalue weighted by Gasteiger charge is -2.23. The van der Waals surface area contributed by atoms with Gasteiger partial charge in [0.2, 0.25) is 5.91 Å². The maximum Gasteiger partial charge on any atom is 0.224 e. The van der Waals surface area contributed by atoms with Crippen molar-refractivity contribution in [3.63, 3.8) is 0 Å². The molecule has 1 aromatic rings. The van der Waals surface area contributed by atoms with Gasteiger partial charge >= 0.3 is 0 Å². The Labute approximate surface area is 122 Å². The van der Waals surface area contributed by atoms with E-state index in [1.807, 2.05) is 18.2 Å². The molecule has 0 radical (unpaired) electrons. The van der Waals surface area contributed by atoms with E-state index in [4.69, 9.17) is 4.74 Å². The van der Waals surface area contributed by atoms with Crippen molar-refractivity contribution in [2.24, 2.45) is 0 Å². The van der Waals surface area contributed by atoms with Crippen molar-refractivity contribution in [2.45, 2.75) is 25.3 Å². The van der Waals surface area contributed by atoms with E-state index in [1.165, 1.54) is 0 Å². The predicted octanol–water partition coefficient (Wildman–Crippen LogP) is 1.87. The number of hydrogen-bond acceptors (Lipinski definition) is 3. The molecule has 1 fully saturated rings. The Morgan fingerprint density at radius 1 is 1.47 bits per heavy atom. The molecule has 1 aromatic carbocycles. The van der Waals surface area contributed by atoms with Gasteiger partial charge in [0.1, 0.15) is 5.75 Å². The van der Waals surface area contributed by atoms with Gasteiger partial charge in [-0.1, -0.05) is 15.9 Å². The molecular formula is C14H19BrN2O2. The van der Waals surface area contributed by atoms with Gasteiger partial charge in [-0.3, -0.25) is 4.79 Å². The highest BCUT2D eigenvalue weighted by Gasteiger charge is 2.16. The van der Waals surface area contributed by atoms with Gasteiger partial charge in [-0.2, -0.15) is 0 Å². The highest BCUT2D eigenvalue weighted by atomic mass is 79.9. The number of halogens is 1. The molecule has 0 saturated carbocycles. The second-order valence-electron chi connectivity index (χ2n) is 4.72. The summed E-state index contributed by atoms with van der Waals surface area (Å²) in [5, 5.41) is 6.37. The summed E-state index contributed by atoms with van der Waals surface area (Å²) in [5.74, 6) is 0.812. The Balaban J connectivity index is 1.95. The molecule has 104 valence electrons. The lowest BCUT2D eigenvalue weighted by atomic mass is 10.1. The lowest BCUT2D eigenvalue weighted by molar-refractivity contribution is -0.121. The number of methoxy groups -OCH3 is 1. The van der Waals surface area contributed by atoms with Crippen molar-refractivity contribution in [1.29, 1.82) is 0 Å². The van der Waals surface area contributed by atoms with Crippen LogP contribution in [-0.4, -0.2) is 32.1 Å². The van der Waals surface area contributed by atoms with Gasteiger partial charge in [0, 0.05) is 16.1 Å². The first-order valence-electron chi connectivity index (χ1n) is 6.51. The second-order valence-corrected chi connectivity index (χ2v) is 5.64. The van der Waals surface area contributed by atoms with Gasteiger partial charge in [0.15, 0.2) is 0 Å². The van der Waals surface area contributed by atoms with Crippen LogP contribution in [0.15, 0.2) is 22.7 Å². The number of carbonyl (C=O) groups excluding carboxylic acids is 1. The smallest absolute Gasteiger partial charge is 0.224 e. The molecule has 0 unspecified atom stereocenters. The maximum absolute atomic E-state index is 12.1. The summed E-state index contributed by atoms with van der Waals surface area (Å²) in [5.41, 5.74) is 0.906. The van der Waals surface area contributed by atoms with Crippen molar-refractivity contribution in [2.75, 3.05) is 20.2 Å². The number of nitrogens with one attached hydrogen (secondary N) is 2. The first-order valence-corrected chi connectivity index (χ1v) is 7.31.